The summed E-state index contributed by atoms with van der Waals surface area (Å²) in [5.74, 6) is 1.13. The highest BCUT2D eigenvalue weighted by molar-refractivity contribution is 6.32. The number of hydrogen-bond donors (Lipinski definition) is 2. The Morgan fingerprint density at radius 3 is 1.64 bits per heavy atom. The number of phenols is 2. The Morgan fingerprint density at radius 1 is 0.773 bits per heavy atom. The van der Waals surface area contributed by atoms with E-state index >= 15 is 0 Å². The Kier molecular flexibility index (Phi) is 4.51. The lowest BCUT2D eigenvalue weighted by atomic mass is 9.75. The van der Waals surface area contributed by atoms with E-state index in [0.29, 0.717) is 21.9 Å². The van der Waals surface area contributed by atoms with E-state index in [-0.39, 0.29) is 11.5 Å². The van der Waals surface area contributed by atoms with Crippen LogP contribution >= 0.6 is 23.2 Å². The molecule has 0 radical (unpaired) electrons. The summed E-state index contributed by atoms with van der Waals surface area (Å²) < 4.78 is 0. The van der Waals surface area contributed by atoms with E-state index < -0.39 is 0 Å². The average molecular weight is 337 g/mol. The molecule has 0 aliphatic heterocycles. The van der Waals surface area contributed by atoms with Crippen LogP contribution in [0.25, 0.3) is 0 Å². The molecule has 4 heteroatoms. The lowest BCUT2D eigenvalue weighted by Gasteiger charge is -2.30. The molecule has 3 rings (SSSR count). The zero-order chi connectivity index (χ0) is 15.7. The summed E-state index contributed by atoms with van der Waals surface area (Å²) in [4.78, 5) is 0. The summed E-state index contributed by atoms with van der Waals surface area (Å²) in [6, 6.07) is 11.0. The summed E-state index contributed by atoms with van der Waals surface area (Å²) >= 11 is 12.1. The van der Waals surface area contributed by atoms with Crippen molar-refractivity contribution in [3.8, 4) is 11.5 Å². The van der Waals surface area contributed by atoms with E-state index in [0.717, 1.165) is 25.7 Å². The molecule has 0 spiro atoms. The largest absolute Gasteiger partial charge is 0.506 e. The SMILES string of the molecule is Oc1ccc(C2CCCC(c3ccc(O)c(Cl)c3)C2)cc1Cl. The number of halogens is 2. The van der Waals surface area contributed by atoms with Crippen molar-refractivity contribution in [1.29, 1.82) is 0 Å². The molecule has 2 aromatic rings. The van der Waals surface area contributed by atoms with Crippen molar-refractivity contribution < 1.29 is 10.2 Å². The van der Waals surface area contributed by atoms with Crippen molar-refractivity contribution in [3.05, 3.63) is 57.6 Å². The van der Waals surface area contributed by atoms with Crippen LogP contribution in [0.2, 0.25) is 10.0 Å². The number of hydrogen-bond acceptors (Lipinski definition) is 2. The van der Waals surface area contributed by atoms with E-state index in [1.54, 1.807) is 12.1 Å². The van der Waals surface area contributed by atoms with Gasteiger partial charge in [-0.25, -0.2) is 0 Å². The Morgan fingerprint density at radius 2 is 1.23 bits per heavy atom. The van der Waals surface area contributed by atoms with Gasteiger partial charge in [0.15, 0.2) is 0 Å². The van der Waals surface area contributed by atoms with Crippen LogP contribution < -0.4 is 0 Å². The molecule has 1 saturated carbocycles. The van der Waals surface area contributed by atoms with E-state index in [4.69, 9.17) is 23.2 Å². The molecule has 0 bridgehead atoms. The first kappa shape index (κ1) is 15.5. The van der Waals surface area contributed by atoms with Gasteiger partial charge in [0.25, 0.3) is 0 Å². The molecule has 2 nitrogen and oxygen atoms in total. The van der Waals surface area contributed by atoms with Gasteiger partial charge in [0, 0.05) is 0 Å². The number of aromatic hydroxyl groups is 2. The molecule has 2 aromatic carbocycles. The molecule has 0 aromatic heterocycles. The van der Waals surface area contributed by atoms with Crippen molar-refractivity contribution in [2.75, 3.05) is 0 Å². The van der Waals surface area contributed by atoms with Gasteiger partial charge in [0.1, 0.15) is 11.5 Å². The highest BCUT2D eigenvalue weighted by Crippen LogP contribution is 2.43. The lowest BCUT2D eigenvalue weighted by molar-refractivity contribution is 0.393. The minimum absolute atomic E-state index is 0.128. The second-order valence-electron chi connectivity index (χ2n) is 5.98. The fourth-order valence-electron chi connectivity index (χ4n) is 3.35. The van der Waals surface area contributed by atoms with Crippen LogP contribution in [0.1, 0.15) is 48.6 Å². The molecular weight excluding hydrogens is 319 g/mol. The molecule has 2 atom stereocenters. The molecule has 0 heterocycles. The third-order valence-electron chi connectivity index (χ3n) is 4.56. The average Bonchev–Trinajstić information content (AvgIpc) is 2.53. The van der Waals surface area contributed by atoms with Gasteiger partial charge in [-0.15, -0.1) is 0 Å². The number of benzene rings is 2. The van der Waals surface area contributed by atoms with Crippen LogP contribution in [0.15, 0.2) is 36.4 Å². The summed E-state index contributed by atoms with van der Waals surface area (Å²) in [6.45, 7) is 0. The third kappa shape index (κ3) is 3.18. The van der Waals surface area contributed by atoms with Crippen molar-refractivity contribution in [2.45, 2.75) is 37.5 Å². The molecule has 1 fully saturated rings. The smallest absolute Gasteiger partial charge is 0.134 e. The number of rotatable bonds is 2. The Bertz CT molecular complexity index is 627. The monoisotopic (exact) mass is 336 g/mol. The van der Waals surface area contributed by atoms with Gasteiger partial charge < -0.3 is 10.2 Å². The first-order valence-corrected chi connectivity index (χ1v) is 8.27. The molecule has 116 valence electrons. The Balaban J connectivity index is 1.81. The Labute approximate surface area is 140 Å². The summed E-state index contributed by atoms with van der Waals surface area (Å²) in [7, 11) is 0. The van der Waals surface area contributed by atoms with Crippen molar-refractivity contribution in [2.24, 2.45) is 0 Å². The maximum absolute atomic E-state index is 9.56. The molecule has 2 unspecified atom stereocenters. The lowest BCUT2D eigenvalue weighted by Crippen LogP contribution is -2.13. The van der Waals surface area contributed by atoms with Gasteiger partial charge in [-0.05, 0) is 66.5 Å². The van der Waals surface area contributed by atoms with Crippen LogP contribution in [0.3, 0.4) is 0 Å². The van der Waals surface area contributed by atoms with E-state index in [2.05, 4.69) is 0 Å². The standard InChI is InChI=1S/C18H18Cl2O2/c19-15-9-13(4-6-17(15)21)11-2-1-3-12(8-11)14-5-7-18(22)16(20)10-14/h4-7,9-12,21-22H,1-3,8H2. The second kappa shape index (κ2) is 6.39. The summed E-state index contributed by atoms with van der Waals surface area (Å²) in [5.41, 5.74) is 2.36. The van der Waals surface area contributed by atoms with Crippen LogP contribution in [0.5, 0.6) is 11.5 Å². The quantitative estimate of drug-likeness (QED) is 0.722. The van der Waals surface area contributed by atoms with Crippen LogP contribution in [0, 0.1) is 0 Å². The van der Waals surface area contributed by atoms with E-state index in [1.165, 1.54) is 11.1 Å². The first-order chi connectivity index (χ1) is 10.5. The van der Waals surface area contributed by atoms with Gasteiger partial charge >= 0.3 is 0 Å². The van der Waals surface area contributed by atoms with Gasteiger partial charge in [-0.1, -0.05) is 41.8 Å². The van der Waals surface area contributed by atoms with Crippen LogP contribution in [-0.2, 0) is 0 Å². The second-order valence-corrected chi connectivity index (χ2v) is 6.80. The molecule has 1 aliphatic carbocycles. The molecular formula is C18H18Cl2O2. The summed E-state index contributed by atoms with van der Waals surface area (Å²) in [5, 5.41) is 19.9. The molecule has 22 heavy (non-hydrogen) atoms. The normalized spacial score (nSPS) is 21.7. The summed E-state index contributed by atoms with van der Waals surface area (Å²) in [6.07, 6.45) is 4.43. The van der Waals surface area contributed by atoms with Crippen molar-refractivity contribution in [3.63, 3.8) is 0 Å². The van der Waals surface area contributed by atoms with Crippen LogP contribution in [0.4, 0.5) is 0 Å². The third-order valence-corrected chi connectivity index (χ3v) is 5.17. The van der Waals surface area contributed by atoms with Crippen LogP contribution in [-0.4, -0.2) is 10.2 Å². The molecule has 0 amide bonds. The fraction of sp³-hybridized carbons (Fsp3) is 0.333. The van der Waals surface area contributed by atoms with Gasteiger partial charge in [0.05, 0.1) is 10.0 Å². The fourth-order valence-corrected chi connectivity index (χ4v) is 3.73. The molecule has 1 aliphatic rings. The van der Waals surface area contributed by atoms with E-state index in [9.17, 15) is 10.2 Å². The van der Waals surface area contributed by atoms with Crippen molar-refractivity contribution >= 4 is 23.2 Å². The maximum atomic E-state index is 9.56. The van der Waals surface area contributed by atoms with Gasteiger partial charge in [0.2, 0.25) is 0 Å². The molecule has 2 N–H and O–H groups in total. The maximum Gasteiger partial charge on any atom is 0.134 e. The Hall–Kier alpha value is -1.38. The molecule has 0 saturated heterocycles. The zero-order valence-corrected chi connectivity index (χ0v) is 13.6. The predicted octanol–water partition coefficient (Wildman–Crippen LogP) is 5.85. The predicted molar refractivity (Wildman–Crippen MR) is 90.2 cm³/mol. The minimum atomic E-state index is 0.128. The topological polar surface area (TPSA) is 40.5 Å². The number of phenolic OH excluding ortho intramolecular Hbond substituents is 2. The van der Waals surface area contributed by atoms with E-state index in [1.807, 2.05) is 24.3 Å². The highest BCUT2D eigenvalue weighted by atomic mass is 35.5. The zero-order valence-electron chi connectivity index (χ0n) is 12.1. The van der Waals surface area contributed by atoms with Gasteiger partial charge in [-0.2, -0.15) is 0 Å². The highest BCUT2D eigenvalue weighted by Gasteiger charge is 2.25. The van der Waals surface area contributed by atoms with Gasteiger partial charge in [-0.3, -0.25) is 0 Å². The van der Waals surface area contributed by atoms with Crippen molar-refractivity contribution in [1.82, 2.24) is 0 Å². The minimum Gasteiger partial charge on any atom is -0.506 e. The first-order valence-electron chi connectivity index (χ1n) is 7.51.